The van der Waals surface area contributed by atoms with Crippen molar-refractivity contribution in [3.8, 4) is 0 Å². The monoisotopic (exact) mass is 261 g/mol. The fraction of sp³-hybridized carbons (Fsp3) is 0.0833. The molecule has 2 rings (SSSR count). The van der Waals surface area contributed by atoms with Crippen molar-refractivity contribution in [1.29, 1.82) is 0 Å². The highest BCUT2D eigenvalue weighted by Crippen LogP contribution is 2.17. The Hall–Kier alpha value is -2.14. The van der Waals surface area contributed by atoms with Crippen molar-refractivity contribution in [3.05, 3.63) is 48.2 Å². The molecule has 0 saturated heterocycles. The number of fused-ring (bicyclic) bond motifs is 1. The number of H-pyrrole nitrogens is 1. The second-order valence-electron chi connectivity index (χ2n) is 3.54. The lowest BCUT2D eigenvalue weighted by molar-refractivity contribution is 1.19. The zero-order chi connectivity index (χ0) is 13.0. The molecule has 0 spiro atoms. The molecule has 2 aromatic heterocycles. The predicted molar refractivity (Wildman–Crippen MR) is 73.2 cm³/mol. The van der Waals surface area contributed by atoms with Crippen molar-refractivity contribution in [2.45, 2.75) is 6.92 Å². The van der Waals surface area contributed by atoms with Crippen molar-refractivity contribution in [2.75, 3.05) is 5.32 Å². The van der Waals surface area contributed by atoms with E-state index in [2.05, 4.69) is 31.8 Å². The van der Waals surface area contributed by atoms with Gasteiger partial charge in [0.25, 0.3) is 0 Å². The van der Waals surface area contributed by atoms with Gasteiger partial charge in [-0.15, -0.1) is 0 Å². The van der Waals surface area contributed by atoms with Crippen LogP contribution in [-0.4, -0.2) is 19.9 Å². The number of allylic oxidation sites excluding steroid dienone is 4. The van der Waals surface area contributed by atoms with Gasteiger partial charge in [-0.1, -0.05) is 24.3 Å². The van der Waals surface area contributed by atoms with Crippen LogP contribution in [0.25, 0.3) is 11.2 Å². The molecule has 0 amide bonds. The van der Waals surface area contributed by atoms with Gasteiger partial charge in [0.15, 0.2) is 11.5 Å². The van der Waals surface area contributed by atoms with E-state index in [1.807, 2.05) is 0 Å². The lowest BCUT2D eigenvalue weighted by atomic mass is 10.3. The number of imidazole rings is 1. The maximum Gasteiger partial charge on any atom is 0.182 e. The minimum absolute atomic E-state index is 0.608. The average Bonchev–Trinajstić information content (AvgIpc) is 2.77. The lowest BCUT2D eigenvalue weighted by Crippen LogP contribution is -2.00. The van der Waals surface area contributed by atoms with Gasteiger partial charge in [0.05, 0.1) is 6.33 Å². The summed E-state index contributed by atoms with van der Waals surface area (Å²) in [6, 6.07) is 0. The molecule has 5 nitrogen and oxygen atoms in total. The van der Waals surface area contributed by atoms with Crippen molar-refractivity contribution in [1.82, 2.24) is 19.9 Å². The van der Waals surface area contributed by atoms with Crippen molar-refractivity contribution >= 4 is 28.6 Å². The molecular formula is C12H12ClN5. The smallest absolute Gasteiger partial charge is 0.182 e. The number of aromatic amines is 1. The Morgan fingerprint density at radius 2 is 2.28 bits per heavy atom. The van der Waals surface area contributed by atoms with Crippen LogP contribution in [0.4, 0.5) is 5.82 Å². The lowest BCUT2D eigenvalue weighted by Gasteiger charge is -2.06. The minimum atomic E-state index is 0.608. The first-order chi connectivity index (χ1) is 8.70. The van der Waals surface area contributed by atoms with E-state index in [0.29, 0.717) is 16.5 Å². The summed E-state index contributed by atoms with van der Waals surface area (Å²) in [5.74, 6) is 0.639. The number of halogens is 1. The molecule has 0 atom stereocenters. The third-order valence-corrected chi connectivity index (χ3v) is 2.25. The highest BCUT2D eigenvalue weighted by atomic mass is 35.5. The molecule has 0 saturated carbocycles. The molecule has 0 bridgehead atoms. The van der Waals surface area contributed by atoms with Gasteiger partial charge in [0, 0.05) is 10.7 Å². The molecule has 2 heterocycles. The van der Waals surface area contributed by atoms with E-state index in [1.165, 1.54) is 6.33 Å². The highest BCUT2D eigenvalue weighted by molar-refractivity contribution is 6.29. The number of aromatic nitrogens is 4. The van der Waals surface area contributed by atoms with Crippen LogP contribution < -0.4 is 5.32 Å². The molecular weight excluding hydrogens is 250 g/mol. The van der Waals surface area contributed by atoms with Crippen LogP contribution in [0.5, 0.6) is 0 Å². The largest absolute Gasteiger partial charge is 0.340 e. The molecule has 0 aliphatic heterocycles. The summed E-state index contributed by atoms with van der Waals surface area (Å²) in [5.41, 5.74) is 2.14. The van der Waals surface area contributed by atoms with E-state index in [-0.39, 0.29) is 0 Å². The predicted octanol–water partition coefficient (Wildman–Crippen LogP) is 2.98. The van der Waals surface area contributed by atoms with Gasteiger partial charge in [0.1, 0.15) is 11.8 Å². The van der Waals surface area contributed by atoms with Gasteiger partial charge in [-0.2, -0.15) is 0 Å². The molecule has 6 heteroatoms. The summed E-state index contributed by atoms with van der Waals surface area (Å²) in [6.45, 7) is 5.46. The zero-order valence-corrected chi connectivity index (χ0v) is 10.6. The molecule has 0 aliphatic carbocycles. The maximum absolute atomic E-state index is 5.86. The maximum atomic E-state index is 5.86. The summed E-state index contributed by atoms with van der Waals surface area (Å²) in [6.07, 6.45) is 8.28. The molecule has 0 radical (unpaired) electrons. The van der Waals surface area contributed by atoms with Crippen LogP contribution in [0.15, 0.2) is 48.2 Å². The van der Waals surface area contributed by atoms with E-state index in [0.717, 1.165) is 11.2 Å². The summed E-state index contributed by atoms with van der Waals surface area (Å²) >= 11 is 5.86. The molecule has 0 unspecified atom stereocenters. The van der Waals surface area contributed by atoms with Crippen LogP contribution in [-0.2, 0) is 0 Å². The molecule has 2 N–H and O–H groups in total. The summed E-state index contributed by atoms with van der Waals surface area (Å²) in [4.78, 5) is 15.3. The Morgan fingerprint density at radius 3 is 3.00 bits per heavy atom. The Kier molecular flexibility index (Phi) is 3.74. The first-order valence-electron chi connectivity index (χ1n) is 5.28. The first-order valence-corrected chi connectivity index (χ1v) is 5.66. The highest BCUT2D eigenvalue weighted by Gasteiger charge is 2.05. The Balaban J connectivity index is 2.37. The number of hydrogen-bond donors (Lipinski definition) is 2. The Labute approximate surface area is 109 Å². The van der Waals surface area contributed by atoms with E-state index in [4.69, 9.17) is 11.6 Å². The summed E-state index contributed by atoms with van der Waals surface area (Å²) in [7, 11) is 0. The number of nitrogens with one attached hydrogen (secondary N) is 2. The van der Waals surface area contributed by atoms with Crippen LogP contribution in [0.3, 0.4) is 0 Å². The summed E-state index contributed by atoms with van der Waals surface area (Å²) in [5, 5.41) is 3.80. The van der Waals surface area contributed by atoms with Gasteiger partial charge in [0.2, 0.25) is 0 Å². The van der Waals surface area contributed by atoms with E-state index >= 15 is 0 Å². The third-order valence-electron chi connectivity index (χ3n) is 2.14. The van der Waals surface area contributed by atoms with Gasteiger partial charge >= 0.3 is 0 Å². The number of rotatable bonds is 4. The van der Waals surface area contributed by atoms with E-state index in [9.17, 15) is 0 Å². The van der Waals surface area contributed by atoms with Crippen LogP contribution >= 0.6 is 11.6 Å². The zero-order valence-electron chi connectivity index (χ0n) is 9.81. The Morgan fingerprint density at radius 1 is 1.44 bits per heavy atom. The van der Waals surface area contributed by atoms with Crippen LogP contribution in [0.2, 0.25) is 0 Å². The van der Waals surface area contributed by atoms with E-state index in [1.54, 1.807) is 31.5 Å². The SMILES string of the molecule is C=C/C=C(\C=C(/C)Cl)Nc1ncnc2nc[nH]c12. The van der Waals surface area contributed by atoms with Gasteiger partial charge in [-0.25, -0.2) is 15.0 Å². The Bertz CT molecular complexity index is 622. The molecule has 0 fully saturated rings. The van der Waals surface area contributed by atoms with Crippen molar-refractivity contribution in [2.24, 2.45) is 0 Å². The van der Waals surface area contributed by atoms with Crippen molar-refractivity contribution in [3.63, 3.8) is 0 Å². The van der Waals surface area contributed by atoms with Crippen LogP contribution in [0.1, 0.15) is 6.92 Å². The topological polar surface area (TPSA) is 66.5 Å². The normalized spacial score (nSPS) is 12.8. The molecule has 18 heavy (non-hydrogen) atoms. The summed E-state index contributed by atoms with van der Waals surface area (Å²) < 4.78 is 0. The van der Waals surface area contributed by atoms with Gasteiger partial charge in [-0.3, -0.25) is 0 Å². The second kappa shape index (κ2) is 5.46. The fourth-order valence-electron chi connectivity index (χ4n) is 1.46. The number of anilines is 1. The standard InChI is InChI=1S/C12H12ClN5/c1-3-4-9(5-8(2)13)18-12-10-11(15-6-14-10)16-7-17-12/h3-7H,1H2,2H3,(H2,14,15,16,17,18)/b8-5+,9-4+. The number of hydrogen-bond acceptors (Lipinski definition) is 4. The second-order valence-corrected chi connectivity index (χ2v) is 4.13. The number of nitrogens with zero attached hydrogens (tertiary/aromatic N) is 3. The first kappa shape index (κ1) is 12.3. The molecule has 92 valence electrons. The van der Waals surface area contributed by atoms with Crippen LogP contribution in [0, 0.1) is 0 Å². The third kappa shape index (κ3) is 2.75. The molecule has 2 aromatic rings. The van der Waals surface area contributed by atoms with Crippen molar-refractivity contribution < 1.29 is 0 Å². The van der Waals surface area contributed by atoms with Gasteiger partial charge in [-0.05, 0) is 19.1 Å². The average molecular weight is 262 g/mol. The molecule has 0 aromatic carbocycles. The molecule has 0 aliphatic rings. The fourth-order valence-corrected chi connectivity index (χ4v) is 1.58. The van der Waals surface area contributed by atoms with Gasteiger partial charge < -0.3 is 10.3 Å². The minimum Gasteiger partial charge on any atom is -0.340 e. The van der Waals surface area contributed by atoms with E-state index < -0.39 is 0 Å². The quantitative estimate of drug-likeness (QED) is 0.831.